The first-order valence-electron chi connectivity index (χ1n) is 9.97. The molecule has 0 aliphatic carbocycles. The third-order valence-electron chi connectivity index (χ3n) is 4.88. The highest BCUT2D eigenvalue weighted by atomic mass is 19.1. The molecule has 10 heteroatoms. The monoisotopic (exact) mass is 451 g/mol. The number of anilines is 1. The lowest BCUT2D eigenvalue weighted by Crippen LogP contribution is -2.39. The minimum absolute atomic E-state index is 0.0216. The fourth-order valence-electron chi connectivity index (χ4n) is 3.22. The number of hydrazone groups is 1. The Morgan fingerprint density at radius 1 is 1.06 bits per heavy atom. The van der Waals surface area contributed by atoms with Crippen LogP contribution in [0.3, 0.4) is 0 Å². The van der Waals surface area contributed by atoms with Gasteiger partial charge in [-0.1, -0.05) is 0 Å². The van der Waals surface area contributed by atoms with E-state index in [0.717, 1.165) is 0 Å². The number of benzene rings is 2. The van der Waals surface area contributed by atoms with Crippen LogP contribution in [0, 0.1) is 11.6 Å². The second kappa shape index (κ2) is 9.43. The van der Waals surface area contributed by atoms with Crippen LogP contribution in [0.1, 0.15) is 12.0 Å². The smallest absolute Gasteiger partial charge is 0.267 e. The van der Waals surface area contributed by atoms with Gasteiger partial charge in [0.25, 0.3) is 5.91 Å². The SMILES string of the molecule is NC(=O)C1CC(C(=O)NCc2ccnc(Oc3ccc(F)cc3)c2)=NN1c1ccc(F)cc1. The highest BCUT2D eigenvalue weighted by molar-refractivity contribution is 6.40. The van der Waals surface area contributed by atoms with Gasteiger partial charge in [-0.2, -0.15) is 5.10 Å². The van der Waals surface area contributed by atoms with E-state index in [-0.39, 0.29) is 30.4 Å². The molecule has 0 fully saturated rings. The molecule has 0 bridgehead atoms. The zero-order valence-electron chi connectivity index (χ0n) is 17.2. The zero-order valence-corrected chi connectivity index (χ0v) is 17.2. The summed E-state index contributed by atoms with van der Waals surface area (Å²) in [5.41, 5.74) is 6.74. The van der Waals surface area contributed by atoms with Crippen LogP contribution < -0.4 is 20.8 Å². The number of aromatic nitrogens is 1. The number of hydrogen-bond donors (Lipinski definition) is 2. The number of hydrogen-bond acceptors (Lipinski definition) is 6. The van der Waals surface area contributed by atoms with Crippen LogP contribution in [0.25, 0.3) is 0 Å². The highest BCUT2D eigenvalue weighted by Gasteiger charge is 2.34. The molecule has 4 rings (SSSR count). The van der Waals surface area contributed by atoms with E-state index in [4.69, 9.17) is 10.5 Å². The number of carbonyl (C=O) groups excluding carboxylic acids is 2. The quantitative estimate of drug-likeness (QED) is 0.574. The summed E-state index contributed by atoms with van der Waals surface area (Å²) < 4.78 is 31.9. The van der Waals surface area contributed by atoms with Crippen molar-refractivity contribution in [1.82, 2.24) is 10.3 Å². The van der Waals surface area contributed by atoms with E-state index in [1.165, 1.54) is 59.7 Å². The molecule has 168 valence electrons. The molecule has 1 atom stereocenters. The van der Waals surface area contributed by atoms with E-state index >= 15 is 0 Å². The molecule has 8 nitrogen and oxygen atoms in total. The average molecular weight is 451 g/mol. The van der Waals surface area contributed by atoms with E-state index in [1.54, 1.807) is 12.1 Å². The summed E-state index contributed by atoms with van der Waals surface area (Å²) in [7, 11) is 0. The molecule has 0 saturated heterocycles. The number of rotatable bonds is 7. The number of primary amides is 1. The van der Waals surface area contributed by atoms with Crippen LogP contribution >= 0.6 is 0 Å². The molecule has 2 amide bonds. The van der Waals surface area contributed by atoms with Crippen molar-refractivity contribution in [3.05, 3.63) is 84.1 Å². The molecule has 1 aromatic heterocycles. The van der Waals surface area contributed by atoms with Crippen molar-refractivity contribution in [1.29, 1.82) is 0 Å². The number of amides is 2. The third-order valence-corrected chi connectivity index (χ3v) is 4.88. The van der Waals surface area contributed by atoms with Gasteiger partial charge < -0.3 is 15.8 Å². The van der Waals surface area contributed by atoms with Crippen molar-refractivity contribution >= 4 is 23.2 Å². The average Bonchev–Trinajstić information content (AvgIpc) is 3.26. The number of nitrogens with one attached hydrogen (secondary N) is 1. The second-order valence-electron chi connectivity index (χ2n) is 7.23. The number of halogens is 2. The van der Waals surface area contributed by atoms with Crippen LogP contribution in [-0.4, -0.2) is 28.6 Å². The molecule has 3 aromatic rings. The van der Waals surface area contributed by atoms with Gasteiger partial charge in [0.05, 0.1) is 5.69 Å². The standard InChI is InChI=1S/C23H19F2N5O3/c24-15-1-5-17(6-2-15)30-20(22(26)31)12-19(29-30)23(32)28-13-14-9-10-27-21(11-14)33-18-7-3-16(25)4-8-18/h1-11,20H,12-13H2,(H2,26,31)(H,28,32). The van der Waals surface area contributed by atoms with E-state index in [1.807, 2.05) is 0 Å². The van der Waals surface area contributed by atoms with Gasteiger partial charge in [0, 0.05) is 25.2 Å². The highest BCUT2D eigenvalue weighted by Crippen LogP contribution is 2.25. The summed E-state index contributed by atoms with van der Waals surface area (Å²) in [6, 6.07) is 13.4. The summed E-state index contributed by atoms with van der Waals surface area (Å²) in [5.74, 6) is -1.23. The molecule has 1 aliphatic rings. The first-order valence-corrected chi connectivity index (χ1v) is 9.97. The van der Waals surface area contributed by atoms with E-state index < -0.39 is 23.7 Å². The fourth-order valence-corrected chi connectivity index (χ4v) is 3.22. The lowest BCUT2D eigenvalue weighted by molar-refractivity contribution is -0.119. The fraction of sp³-hybridized carbons (Fsp3) is 0.130. The lowest BCUT2D eigenvalue weighted by Gasteiger charge is -2.20. The third kappa shape index (κ3) is 5.29. The van der Waals surface area contributed by atoms with Gasteiger partial charge in [0.1, 0.15) is 29.1 Å². The maximum atomic E-state index is 13.2. The van der Waals surface area contributed by atoms with Gasteiger partial charge >= 0.3 is 0 Å². The van der Waals surface area contributed by atoms with Gasteiger partial charge in [0.2, 0.25) is 11.8 Å². The normalized spacial score (nSPS) is 15.2. The molecular formula is C23H19F2N5O3. The number of pyridine rings is 1. The van der Waals surface area contributed by atoms with Crippen LogP contribution in [0.15, 0.2) is 72.0 Å². The van der Waals surface area contributed by atoms with Crippen molar-refractivity contribution in [2.24, 2.45) is 10.8 Å². The Morgan fingerprint density at radius 2 is 1.73 bits per heavy atom. The van der Waals surface area contributed by atoms with Crippen molar-refractivity contribution in [3.63, 3.8) is 0 Å². The molecule has 2 aromatic carbocycles. The van der Waals surface area contributed by atoms with E-state index in [9.17, 15) is 18.4 Å². The van der Waals surface area contributed by atoms with Crippen LogP contribution in [0.4, 0.5) is 14.5 Å². The number of nitrogens with zero attached hydrogens (tertiary/aromatic N) is 3. The first-order chi connectivity index (χ1) is 15.9. The predicted octanol–water partition coefficient (Wildman–Crippen LogP) is 2.89. The minimum atomic E-state index is -0.854. The van der Waals surface area contributed by atoms with Gasteiger partial charge in [-0.15, -0.1) is 0 Å². The summed E-state index contributed by atoms with van der Waals surface area (Å²) >= 11 is 0. The molecule has 1 unspecified atom stereocenters. The molecule has 1 aliphatic heterocycles. The minimum Gasteiger partial charge on any atom is -0.439 e. The summed E-state index contributed by atoms with van der Waals surface area (Å²) in [4.78, 5) is 28.6. The van der Waals surface area contributed by atoms with Crippen molar-refractivity contribution < 1.29 is 23.1 Å². The molecule has 0 radical (unpaired) electrons. The number of nitrogens with two attached hydrogens (primary N) is 1. The lowest BCUT2D eigenvalue weighted by atomic mass is 10.1. The maximum Gasteiger partial charge on any atom is 0.267 e. The number of carbonyl (C=O) groups is 2. The van der Waals surface area contributed by atoms with Crippen molar-refractivity contribution in [2.75, 3.05) is 5.01 Å². The van der Waals surface area contributed by atoms with E-state index in [2.05, 4.69) is 15.4 Å². The van der Waals surface area contributed by atoms with Gasteiger partial charge in [-0.05, 0) is 60.2 Å². The molecular weight excluding hydrogens is 432 g/mol. The molecule has 3 N–H and O–H groups in total. The summed E-state index contributed by atoms with van der Waals surface area (Å²) in [6.45, 7) is 0.151. The topological polar surface area (TPSA) is 110 Å². The summed E-state index contributed by atoms with van der Waals surface area (Å²) in [5, 5.41) is 8.29. The van der Waals surface area contributed by atoms with Crippen LogP contribution in [0.2, 0.25) is 0 Å². The summed E-state index contributed by atoms with van der Waals surface area (Å²) in [6.07, 6.45) is 1.54. The molecule has 0 saturated carbocycles. The molecule has 2 heterocycles. The first kappa shape index (κ1) is 21.9. The van der Waals surface area contributed by atoms with Crippen LogP contribution in [-0.2, 0) is 16.1 Å². The number of ether oxygens (including phenoxy) is 1. The Labute approximate surface area is 187 Å². The Kier molecular flexibility index (Phi) is 6.25. The largest absolute Gasteiger partial charge is 0.439 e. The van der Waals surface area contributed by atoms with Crippen LogP contribution in [0.5, 0.6) is 11.6 Å². The van der Waals surface area contributed by atoms with Crippen molar-refractivity contribution in [3.8, 4) is 11.6 Å². The van der Waals surface area contributed by atoms with Gasteiger partial charge in [-0.3, -0.25) is 14.6 Å². The molecule has 33 heavy (non-hydrogen) atoms. The molecule has 0 spiro atoms. The van der Waals surface area contributed by atoms with Gasteiger partial charge in [-0.25, -0.2) is 13.8 Å². The van der Waals surface area contributed by atoms with Gasteiger partial charge in [0.15, 0.2) is 0 Å². The van der Waals surface area contributed by atoms with Crippen molar-refractivity contribution in [2.45, 2.75) is 19.0 Å². The maximum absolute atomic E-state index is 13.2. The Hall–Kier alpha value is -4.34. The van der Waals surface area contributed by atoms with E-state index in [0.29, 0.717) is 17.0 Å². The Morgan fingerprint density at radius 3 is 2.39 bits per heavy atom. The Bertz CT molecular complexity index is 1200. The predicted molar refractivity (Wildman–Crippen MR) is 116 cm³/mol. The zero-order chi connectivity index (χ0) is 23.4. The second-order valence-corrected chi connectivity index (χ2v) is 7.23. The Balaban J connectivity index is 1.42.